The van der Waals surface area contributed by atoms with Crippen LogP contribution in [-0.4, -0.2) is 38.7 Å². The lowest BCUT2D eigenvalue weighted by Crippen LogP contribution is -2.36. The highest BCUT2D eigenvalue weighted by molar-refractivity contribution is 5.96. The van der Waals surface area contributed by atoms with Gasteiger partial charge in [-0.3, -0.25) is 4.79 Å². The van der Waals surface area contributed by atoms with Crippen LogP contribution in [0.3, 0.4) is 0 Å². The molecule has 0 aliphatic heterocycles. The van der Waals surface area contributed by atoms with Crippen molar-refractivity contribution in [3.05, 3.63) is 29.3 Å². The maximum atomic E-state index is 11.9. The van der Waals surface area contributed by atoms with Gasteiger partial charge >= 0.3 is 6.03 Å². The van der Waals surface area contributed by atoms with Crippen LogP contribution in [-0.2, 0) is 4.74 Å². The molecular weight excluding hydrogens is 270 g/mol. The molecule has 1 atom stereocenters. The van der Waals surface area contributed by atoms with Crippen LogP contribution in [0.4, 0.5) is 10.5 Å². The van der Waals surface area contributed by atoms with Gasteiger partial charge in [0.25, 0.3) is 5.91 Å². The van der Waals surface area contributed by atoms with Crippen molar-refractivity contribution >= 4 is 17.6 Å². The van der Waals surface area contributed by atoms with Gasteiger partial charge in [0.1, 0.15) is 0 Å². The Bertz CT molecular complexity index is 503. The summed E-state index contributed by atoms with van der Waals surface area (Å²) < 4.78 is 4.97. The molecule has 1 rings (SSSR count). The lowest BCUT2D eigenvalue weighted by molar-refractivity contribution is 0.0963. The van der Waals surface area contributed by atoms with Gasteiger partial charge in [0, 0.05) is 38.1 Å². The van der Waals surface area contributed by atoms with Crippen LogP contribution in [0.15, 0.2) is 18.2 Å². The lowest BCUT2D eigenvalue weighted by atomic mass is 10.1. The van der Waals surface area contributed by atoms with Crippen molar-refractivity contribution < 1.29 is 14.3 Å². The number of nitrogens with one attached hydrogen (secondary N) is 3. The minimum Gasteiger partial charge on any atom is -0.385 e. The molecular formula is C15H23N3O3. The summed E-state index contributed by atoms with van der Waals surface area (Å²) in [5.41, 5.74) is 2.07. The Morgan fingerprint density at radius 2 is 2.05 bits per heavy atom. The number of carbonyl (C=O) groups excluding carboxylic acids is 2. The third-order valence-electron chi connectivity index (χ3n) is 3.10. The molecule has 0 spiro atoms. The summed E-state index contributed by atoms with van der Waals surface area (Å²) in [6.45, 7) is 4.36. The van der Waals surface area contributed by atoms with Crippen LogP contribution in [0.5, 0.6) is 0 Å². The van der Waals surface area contributed by atoms with Gasteiger partial charge in [-0.05, 0) is 44.0 Å². The molecule has 0 aromatic heterocycles. The number of hydrogen-bond acceptors (Lipinski definition) is 3. The minimum absolute atomic E-state index is 0.0235. The summed E-state index contributed by atoms with van der Waals surface area (Å²) >= 11 is 0. The molecule has 3 amide bonds. The van der Waals surface area contributed by atoms with Gasteiger partial charge in [-0.15, -0.1) is 0 Å². The number of methoxy groups -OCH3 is 1. The first-order valence-electron chi connectivity index (χ1n) is 6.87. The fourth-order valence-corrected chi connectivity index (χ4v) is 1.84. The fourth-order valence-electron chi connectivity index (χ4n) is 1.84. The first-order valence-corrected chi connectivity index (χ1v) is 6.87. The predicted octanol–water partition coefficient (Wildman–Crippen LogP) is 1.90. The van der Waals surface area contributed by atoms with E-state index in [9.17, 15) is 9.59 Å². The van der Waals surface area contributed by atoms with Gasteiger partial charge in [0.05, 0.1) is 0 Å². The van der Waals surface area contributed by atoms with Gasteiger partial charge in [0.15, 0.2) is 0 Å². The smallest absolute Gasteiger partial charge is 0.319 e. The number of benzene rings is 1. The number of carbonyl (C=O) groups is 2. The molecule has 116 valence electrons. The maximum Gasteiger partial charge on any atom is 0.319 e. The number of aryl methyl sites for hydroxylation is 1. The lowest BCUT2D eigenvalue weighted by Gasteiger charge is -2.15. The Labute approximate surface area is 125 Å². The van der Waals surface area contributed by atoms with Crippen molar-refractivity contribution in [1.29, 1.82) is 0 Å². The van der Waals surface area contributed by atoms with E-state index in [1.165, 1.54) is 0 Å². The third kappa shape index (κ3) is 5.43. The molecule has 0 fully saturated rings. The summed E-state index contributed by atoms with van der Waals surface area (Å²) in [4.78, 5) is 23.4. The predicted molar refractivity (Wildman–Crippen MR) is 82.7 cm³/mol. The zero-order chi connectivity index (χ0) is 15.8. The highest BCUT2D eigenvalue weighted by Crippen LogP contribution is 2.16. The third-order valence-corrected chi connectivity index (χ3v) is 3.10. The summed E-state index contributed by atoms with van der Waals surface area (Å²) in [6, 6.07) is 4.89. The van der Waals surface area contributed by atoms with Crippen molar-refractivity contribution in [3.8, 4) is 0 Å². The van der Waals surface area contributed by atoms with Gasteiger partial charge in [0.2, 0.25) is 0 Å². The normalized spacial score (nSPS) is 11.6. The monoisotopic (exact) mass is 293 g/mol. The second-order valence-corrected chi connectivity index (χ2v) is 4.89. The first-order chi connectivity index (χ1) is 9.97. The van der Waals surface area contributed by atoms with Gasteiger partial charge in [-0.2, -0.15) is 0 Å². The Morgan fingerprint density at radius 1 is 1.33 bits per heavy atom. The summed E-state index contributed by atoms with van der Waals surface area (Å²) in [5.74, 6) is -0.151. The standard InChI is InChI=1S/C15H23N3O3/c1-10-9-12(14(19)16-3)5-6-13(10)18-15(20)17-11(2)7-8-21-4/h5-6,9,11H,7-8H2,1-4H3,(H,16,19)(H2,17,18,20). The van der Waals surface area contributed by atoms with E-state index in [2.05, 4.69) is 16.0 Å². The Morgan fingerprint density at radius 3 is 2.62 bits per heavy atom. The largest absolute Gasteiger partial charge is 0.385 e. The van der Waals surface area contributed by atoms with Gasteiger partial charge in [-0.25, -0.2) is 4.79 Å². The van der Waals surface area contributed by atoms with E-state index < -0.39 is 0 Å². The summed E-state index contributed by atoms with van der Waals surface area (Å²) in [7, 11) is 3.21. The number of rotatable bonds is 6. The molecule has 1 unspecified atom stereocenters. The molecule has 0 aliphatic rings. The molecule has 0 saturated carbocycles. The second kappa shape index (κ2) is 8.26. The highest BCUT2D eigenvalue weighted by Gasteiger charge is 2.10. The number of hydrogen-bond donors (Lipinski definition) is 3. The Hall–Kier alpha value is -2.08. The van der Waals surface area contributed by atoms with Crippen LogP contribution < -0.4 is 16.0 Å². The molecule has 0 heterocycles. The van der Waals surface area contributed by atoms with E-state index >= 15 is 0 Å². The molecule has 1 aromatic rings. The molecule has 1 aromatic carbocycles. The van der Waals surface area contributed by atoms with Crippen molar-refractivity contribution in [2.45, 2.75) is 26.3 Å². The summed E-state index contributed by atoms with van der Waals surface area (Å²) in [6.07, 6.45) is 0.749. The number of urea groups is 1. The van der Waals surface area contributed by atoms with Gasteiger partial charge < -0.3 is 20.7 Å². The minimum atomic E-state index is -0.269. The second-order valence-electron chi connectivity index (χ2n) is 4.89. The van der Waals surface area contributed by atoms with Crippen LogP contribution in [0.2, 0.25) is 0 Å². The topological polar surface area (TPSA) is 79.5 Å². The number of ether oxygens (including phenoxy) is 1. The molecule has 3 N–H and O–H groups in total. The SMILES string of the molecule is CNC(=O)c1ccc(NC(=O)NC(C)CCOC)c(C)c1. The molecule has 0 saturated heterocycles. The van der Waals surface area contributed by atoms with E-state index in [-0.39, 0.29) is 18.0 Å². The van der Waals surface area contributed by atoms with Gasteiger partial charge in [-0.1, -0.05) is 0 Å². The van der Waals surface area contributed by atoms with Crippen LogP contribution >= 0.6 is 0 Å². The fraction of sp³-hybridized carbons (Fsp3) is 0.467. The Kier molecular flexibility index (Phi) is 6.68. The van der Waals surface area contributed by atoms with E-state index in [1.807, 2.05) is 13.8 Å². The zero-order valence-corrected chi connectivity index (χ0v) is 12.9. The zero-order valence-electron chi connectivity index (χ0n) is 12.9. The van der Waals surface area contributed by atoms with Crippen molar-refractivity contribution in [2.24, 2.45) is 0 Å². The highest BCUT2D eigenvalue weighted by atomic mass is 16.5. The van der Waals surface area contributed by atoms with Crippen molar-refractivity contribution in [3.63, 3.8) is 0 Å². The first kappa shape index (κ1) is 17.0. The van der Waals surface area contributed by atoms with Crippen LogP contribution in [0, 0.1) is 6.92 Å². The average molecular weight is 293 g/mol. The van der Waals surface area contributed by atoms with E-state index in [0.717, 1.165) is 12.0 Å². The van der Waals surface area contributed by atoms with Crippen LogP contribution in [0.25, 0.3) is 0 Å². The number of amides is 3. The number of anilines is 1. The molecule has 0 radical (unpaired) electrons. The van der Waals surface area contributed by atoms with E-state index in [0.29, 0.717) is 17.9 Å². The quantitative estimate of drug-likeness (QED) is 0.749. The average Bonchev–Trinajstić information content (AvgIpc) is 2.46. The molecule has 0 aliphatic carbocycles. The molecule has 0 bridgehead atoms. The van der Waals surface area contributed by atoms with E-state index in [4.69, 9.17) is 4.74 Å². The summed E-state index contributed by atoms with van der Waals surface area (Å²) in [5, 5.41) is 8.17. The Balaban J connectivity index is 2.62. The molecule has 21 heavy (non-hydrogen) atoms. The maximum absolute atomic E-state index is 11.9. The molecule has 6 heteroatoms. The van der Waals surface area contributed by atoms with E-state index in [1.54, 1.807) is 32.4 Å². The van der Waals surface area contributed by atoms with Crippen molar-refractivity contribution in [1.82, 2.24) is 10.6 Å². The molecule has 6 nitrogen and oxygen atoms in total. The van der Waals surface area contributed by atoms with Crippen LogP contribution in [0.1, 0.15) is 29.3 Å². The van der Waals surface area contributed by atoms with Crippen molar-refractivity contribution in [2.75, 3.05) is 26.1 Å².